The summed E-state index contributed by atoms with van der Waals surface area (Å²) < 4.78 is 10.5. The third-order valence-corrected chi connectivity index (χ3v) is 3.29. The van der Waals surface area contributed by atoms with Crippen molar-refractivity contribution in [1.29, 1.82) is 5.26 Å². The lowest BCUT2D eigenvalue weighted by Crippen LogP contribution is -1.94. The van der Waals surface area contributed by atoms with Gasteiger partial charge in [-0.25, -0.2) is 0 Å². The molecule has 116 valence electrons. The molecule has 0 aliphatic rings. The second-order valence-corrected chi connectivity index (χ2v) is 4.56. The summed E-state index contributed by atoms with van der Waals surface area (Å²) in [5, 5.41) is 19.8. The van der Waals surface area contributed by atoms with Crippen molar-refractivity contribution in [2.45, 2.75) is 0 Å². The highest BCUT2D eigenvalue weighted by Gasteiger charge is 2.12. The topological polar surface area (TPSA) is 85.4 Å². The van der Waals surface area contributed by atoms with Gasteiger partial charge < -0.3 is 9.47 Å². The van der Waals surface area contributed by atoms with Crippen molar-refractivity contribution in [1.82, 2.24) is 0 Å². The molecule has 0 saturated carbocycles. The van der Waals surface area contributed by atoms with Gasteiger partial charge in [0.1, 0.15) is 0 Å². The van der Waals surface area contributed by atoms with E-state index >= 15 is 0 Å². The number of ether oxygens (including phenoxy) is 2. The molecule has 0 aliphatic heterocycles. The van der Waals surface area contributed by atoms with Crippen molar-refractivity contribution in [3.8, 4) is 17.6 Å². The monoisotopic (exact) mass is 310 g/mol. The molecular weight excluding hydrogens is 296 g/mol. The van der Waals surface area contributed by atoms with Crippen molar-refractivity contribution in [2.24, 2.45) is 0 Å². The van der Waals surface area contributed by atoms with E-state index in [-0.39, 0.29) is 5.69 Å². The highest BCUT2D eigenvalue weighted by Crippen LogP contribution is 2.33. The molecule has 0 unspecified atom stereocenters. The fourth-order valence-electron chi connectivity index (χ4n) is 2.16. The maximum absolute atomic E-state index is 10.7. The van der Waals surface area contributed by atoms with Gasteiger partial charge in [-0.15, -0.1) is 0 Å². The molecule has 0 aliphatic carbocycles. The van der Waals surface area contributed by atoms with E-state index in [1.54, 1.807) is 37.4 Å². The minimum absolute atomic E-state index is 0.00244. The average molecular weight is 310 g/mol. The van der Waals surface area contributed by atoms with Crippen LogP contribution in [0.4, 0.5) is 5.69 Å². The van der Waals surface area contributed by atoms with Crippen LogP contribution in [0.3, 0.4) is 0 Å². The molecule has 0 N–H and O–H groups in total. The van der Waals surface area contributed by atoms with Crippen molar-refractivity contribution >= 4 is 11.3 Å². The van der Waals surface area contributed by atoms with Crippen molar-refractivity contribution < 1.29 is 14.4 Å². The van der Waals surface area contributed by atoms with Gasteiger partial charge in [0.2, 0.25) is 0 Å². The lowest BCUT2D eigenvalue weighted by Gasteiger charge is -2.12. The Morgan fingerprint density at radius 2 is 1.70 bits per heavy atom. The first-order valence-electron chi connectivity index (χ1n) is 6.67. The zero-order valence-corrected chi connectivity index (χ0v) is 12.6. The molecule has 0 aromatic heterocycles. The van der Waals surface area contributed by atoms with Gasteiger partial charge >= 0.3 is 0 Å². The van der Waals surface area contributed by atoms with Crippen LogP contribution in [-0.2, 0) is 0 Å². The van der Waals surface area contributed by atoms with Gasteiger partial charge in [0.15, 0.2) is 11.5 Å². The van der Waals surface area contributed by atoms with Gasteiger partial charge in [-0.05, 0) is 41.0 Å². The minimum Gasteiger partial charge on any atom is -0.493 e. The van der Waals surface area contributed by atoms with Gasteiger partial charge in [0.25, 0.3) is 5.69 Å². The molecule has 2 aromatic rings. The normalized spacial score (nSPS) is 10.7. The number of nitriles is 1. The number of methoxy groups -OCH3 is 2. The molecule has 0 saturated heterocycles. The highest BCUT2D eigenvalue weighted by molar-refractivity contribution is 5.82. The van der Waals surface area contributed by atoms with Gasteiger partial charge in [-0.1, -0.05) is 6.07 Å². The number of hydrogen-bond donors (Lipinski definition) is 0. The summed E-state index contributed by atoms with van der Waals surface area (Å²) in [5.74, 6) is 1.12. The van der Waals surface area contributed by atoms with Crippen LogP contribution < -0.4 is 9.47 Å². The van der Waals surface area contributed by atoms with E-state index in [1.807, 2.05) is 6.07 Å². The maximum Gasteiger partial charge on any atom is 0.269 e. The molecule has 23 heavy (non-hydrogen) atoms. The van der Waals surface area contributed by atoms with Crippen molar-refractivity contribution in [3.05, 3.63) is 69.8 Å². The van der Waals surface area contributed by atoms with Gasteiger partial charge in [-0.2, -0.15) is 5.26 Å². The molecule has 0 atom stereocenters. The Hall–Kier alpha value is -3.33. The van der Waals surface area contributed by atoms with Crippen molar-refractivity contribution in [2.75, 3.05) is 14.2 Å². The van der Waals surface area contributed by atoms with Crippen molar-refractivity contribution in [3.63, 3.8) is 0 Å². The number of nitro benzene ring substituents is 1. The first kappa shape index (κ1) is 16.0. The third-order valence-electron chi connectivity index (χ3n) is 3.29. The Labute approximate surface area is 133 Å². The second-order valence-electron chi connectivity index (χ2n) is 4.56. The van der Waals surface area contributed by atoms with Crippen LogP contribution in [-0.4, -0.2) is 19.1 Å². The predicted octanol–water partition coefficient (Wildman–Crippen LogP) is 3.57. The van der Waals surface area contributed by atoms with E-state index in [2.05, 4.69) is 0 Å². The largest absolute Gasteiger partial charge is 0.493 e. The molecule has 6 nitrogen and oxygen atoms in total. The maximum atomic E-state index is 10.7. The van der Waals surface area contributed by atoms with Crippen LogP contribution in [0.1, 0.15) is 11.1 Å². The number of nitro groups is 1. The Bertz CT molecular complexity index is 789. The molecule has 2 aromatic carbocycles. The summed E-state index contributed by atoms with van der Waals surface area (Å²) in [5.41, 5.74) is 2.09. The van der Waals surface area contributed by atoms with Gasteiger partial charge in [0.05, 0.1) is 25.2 Å². The standard InChI is InChI=1S/C17H14N2O4/c1-22-16-8-5-13(11-17(16)23-2)15(9-10-18)12-3-6-14(7-4-12)19(20)21/h3-9,11H,1-2H3/b15-9+. The quantitative estimate of drug-likeness (QED) is 0.479. The number of allylic oxidation sites excluding steroid dienone is 1. The van der Waals surface area contributed by atoms with Crippen LogP contribution in [0.25, 0.3) is 5.57 Å². The predicted molar refractivity (Wildman–Crippen MR) is 85.3 cm³/mol. The Kier molecular flexibility index (Phi) is 4.95. The molecule has 6 heteroatoms. The summed E-state index contributed by atoms with van der Waals surface area (Å²) in [7, 11) is 3.07. The fourth-order valence-corrected chi connectivity index (χ4v) is 2.16. The first-order chi connectivity index (χ1) is 11.1. The van der Waals surface area contributed by atoms with E-state index in [9.17, 15) is 10.1 Å². The second kappa shape index (κ2) is 7.09. The lowest BCUT2D eigenvalue weighted by molar-refractivity contribution is -0.384. The first-order valence-corrected chi connectivity index (χ1v) is 6.67. The molecule has 0 heterocycles. The van der Waals surface area contributed by atoms with Gasteiger partial charge in [0, 0.05) is 18.2 Å². The molecule has 2 rings (SSSR count). The zero-order chi connectivity index (χ0) is 16.8. The Balaban J connectivity index is 2.49. The molecule has 0 amide bonds. The van der Waals surface area contributed by atoms with E-state index in [4.69, 9.17) is 14.7 Å². The Morgan fingerprint density at radius 1 is 1.09 bits per heavy atom. The van der Waals surface area contributed by atoms with E-state index in [0.29, 0.717) is 22.6 Å². The number of nitrogens with zero attached hydrogens (tertiary/aromatic N) is 2. The summed E-state index contributed by atoms with van der Waals surface area (Å²) in [6.45, 7) is 0. The summed E-state index contributed by atoms with van der Waals surface area (Å²) in [6.07, 6.45) is 1.39. The summed E-state index contributed by atoms with van der Waals surface area (Å²) >= 11 is 0. The van der Waals surface area contributed by atoms with Crippen LogP contribution in [0, 0.1) is 21.4 Å². The van der Waals surface area contributed by atoms with Gasteiger partial charge in [-0.3, -0.25) is 10.1 Å². The fraction of sp³-hybridized carbons (Fsp3) is 0.118. The highest BCUT2D eigenvalue weighted by atomic mass is 16.6. The SMILES string of the molecule is COc1ccc(/C(=C/C#N)c2ccc([N+](=O)[O-])cc2)cc1OC. The molecule has 0 radical (unpaired) electrons. The van der Waals surface area contributed by atoms with E-state index in [0.717, 1.165) is 5.56 Å². The van der Waals surface area contributed by atoms with Crippen LogP contribution >= 0.6 is 0 Å². The molecule has 0 spiro atoms. The van der Waals surface area contributed by atoms with E-state index < -0.39 is 4.92 Å². The van der Waals surface area contributed by atoms with Crippen LogP contribution in [0.2, 0.25) is 0 Å². The minimum atomic E-state index is -0.464. The third kappa shape index (κ3) is 3.47. The summed E-state index contributed by atoms with van der Waals surface area (Å²) in [6, 6.07) is 13.3. The summed E-state index contributed by atoms with van der Waals surface area (Å²) in [4.78, 5) is 10.3. The molecule has 0 fully saturated rings. The average Bonchev–Trinajstić information content (AvgIpc) is 2.59. The number of benzene rings is 2. The Morgan fingerprint density at radius 3 is 2.22 bits per heavy atom. The zero-order valence-electron chi connectivity index (χ0n) is 12.6. The smallest absolute Gasteiger partial charge is 0.269 e. The molecule has 0 bridgehead atoms. The van der Waals surface area contributed by atoms with Crippen LogP contribution in [0.5, 0.6) is 11.5 Å². The number of non-ortho nitro benzene ring substituents is 1. The number of hydrogen-bond acceptors (Lipinski definition) is 5. The molecular formula is C17H14N2O4. The van der Waals surface area contributed by atoms with Crippen LogP contribution in [0.15, 0.2) is 48.5 Å². The lowest BCUT2D eigenvalue weighted by atomic mass is 9.97. The number of rotatable bonds is 5. The van der Waals surface area contributed by atoms with E-state index in [1.165, 1.54) is 25.3 Å².